The summed E-state index contributed by atoms with van der Waals surface area (Å²) in [7, 11) is 0. The second-order valence-corrected chi connectivity index (χ2v) is 13.6. The van der Waals surface area contributed by atoms with Crippen molar-refractivity contribution in [1.29, 1.82) is 0 Å². The van der Waals surface area contributed by atoms with E-state index < -0.39 is 0 Å². The van der Waals surface area contributed by atoms with Crippen LogP contribution in [-0.2, 0) is 0 Å². The molecule has 2 aliphatic heterocycles. The van der Waals surface area contributed by atoms with Crippen LogP contribution in [0.2, 0.25) is 0 Å². The lowest BCUT2D eigenvalue weighted by Crippen LogP contribution is -2.53. The van der Waals surface area contributed by atoms with Crippen LogP contribution in [-0.4, -0.2) is 11.5 Å². The molecule has 0 saturated heterocycles. The first-order valence-corrected chi connectivity index (χ1v) is 17.8. The molecule has 0 fully saturated rings. The molecule has 8 aromatic carbocycles. The molecular weight excluding hydrogens is 633 g/mol. The standard InChI is InChI=1S/C48H30BNO2/c1-2-11-31(12-3-1)33-13-10-14-34(27-33)36-28-41-40-17-6-9-20-45(40)52-49-42-26-23-35(29-46(42)51-47(30-36)48(41)49)32-21-24-37(25-22-32)50-43-18-7-4-15-38(43)39-16-5-8-19-44(39)50/h1-30H. The third kappa shape index (κ3) is 4.48. The molecule has 1 aromatic heterocycles. The van der Waals surface area contributed by atoms with Crippen molar-refractivity contribution < 1.29 is 9.39 Å². The van der Waals surface area contributed by atoms with Crippen molar-refractivity contribution in [2.45, 2.75) is 0 Å². The number of rotatable bonds is 4. The second kappa shape index (κ2) is 11.4. The summed E-state index contributed by atoms with van der Waals surface area (Å²) >= 11 is 0. The van der Waals surface area contributed by atoms with E-state index in [1.807, 2.05) is 6.07 Å². The van der Waals surface area contributed by atoms with Crippen LogP contribution in [0.5, 0.6) is 17.2 Å². The number of hydrogen-bond acceptors (Lipinski definition) is 2. The lowest BCUT2D eigenvalue weighted by atomic mass is 9.50. The molecule has 3 nitrogen and oxygen atoms in total. The van der Waals surface area contributed by atoms with Gasteiger partial charge in [0.15, 0.2) is 0 Å². The van der Waals surface area contributed by atoms with Gasteiger partial charge >= 0.3 is 6.92 Å². The molecule has 0 radical (unpaired) electrons. The summed E-state index contributed by atoms with van der Waals surface area (Å²) in [5, 5.41) is 2.52. The van der Waals surface area contributed by atoms with Crippen LogP contribution in [0, 0.1) is 0 Å². The molecule has 242 valence electrons. The SMILES string of the molecule is c1ccc(-c2cccc(-c3cc4c5c(c3)-c3ccccc3OB5c3ccc(-c5ccc(-n6c7ccccc7c7ccccc76)cc5)cc3O4)c2)cc1. The Bertz CT molecular complexity index is 2800. The third-order valence-electron chi connectivity index (χ3n) is 10.7. The summed E-state index contributed by atoms with van der Waals surface area (Å²) in [6.07, 6.45) is 0. The summed E-state index contributed by atoms with van der Waals surface area (Å²) in [5.41, 5.74) is 14.8. The molecule has 0 amide bonds. The van der Waals surface area contributed by atoms with Crippen molar-refractivity contribution in [2.75, 3.05) is 0 Å². The fourth-order valence-corrected chi connectivity index (χ4v) is 8.22. The highest BCUT2D eigenvalue weighted by Crippen LogP contribution is 2.42. The average molecular weight is 664 g/mol. The van der Waals surface area contributed by atoms with Crippen LogP contribution < -0.4 is 20.3 Å². The number of nitrogens with zero attached hydrogens (tertiary/aromatic N) is 1. The number of benzene rings is 8. The fourth-order valence-electron chi connectivity index (χ4n) is 8.22. The Hall–Kier alpha value is -6.78. The quantitative estimate of drug-likeness (QED) is 0.175. The summed E-state index contributed by atoms with van der Waals surface area (Å²) in [5.74, 6) is 2.55. The van der Waals surface area contributed by atoms with E-state index in [4.69, 9.17) is 9.39 Å². The minimum absolute atomic E-state index is 0.264. The van der Waals surface area contributed by atoms with Crippen molar-refractivity contribution in [1.82, 2.24) is 4.57 Å². The molecule has 11 rings (SSSR count). The van der Waals surface area contributed by atoms with Gasteiger partial charge in [-0.25, -0.2) is 0 Å². The Labute approximate surface area is 302 Å². The lowest BCUT2D eigenvalue weighted by Gasteiger charge is -2.33. The normalized spacial score (nSPS) is 12.5. The highest BCUT2D eigenvalue weighted by molar-refractivity contribution is 6.84. The molecular formula is C48H30BNO2. The highest BCUT2D eigenvalue weighted by atomic mass is 16.5. The predicted octanol–water partition coefficient (Wildman–Crippen LogP) is 11.1. The Morgan fingerprint density at radius 2 is 0.981 bits per heavy atom. The van der Waals surface area contributed by atoms with Gasteiger partial charge in [-0.2, -0.15) is 0 Å². The van der Waals surface area contributed by atoms with Crippen LogP contribution in [0.15, 0.2) is 182 Å². The van der Waals surface area contributed by atoms with Gasteiger partial charge in [0.2, 0.25) is 0 Å². The molecule has 0 atom stereocenters. The van der Waals surface area contributed by atoms with Crippen LogP contribution in [0.4, 0.5) is 0 Å². The Morgan fingerprint density at radius 3 is 1.77 bits per heavy atom. The van der Waals surface area contributed by atoms with Gasteiger partial charge in [-0.3, -0.25) is 0 Å². The predicted molar refractivity (Wildman–Crippen MR) is 215 cm³/mol. The van der Waals surface area contributed by atoms with Crippen molar-refractivity contribution in [2.24, 2.45) is 0 Å². The van der Waals surface area contributed by atoms with E-state index in [1.54, 1.807) is 0 Å². The Kier molecular flexibility index (Phi) is 6.35. The van der Waals surface area contributed by atoms with Gasteiger partial charge in [0.05, 0.1) is 11.0 Å². The van der Waals surface area contributed by atoms with Crippen LogP contribution in [0.25, 0.3) is 72.0 Å². The molecule has 0 saturated carbocycles. The van der Waals surface area contributed by atoms with Crippen molar-refractivity contribution in [3.05, 3.63) is 182 Å². The van der Waals surface area contributed by atoms with Crippen LogP contribution >= 0.6 is 0 Å². The van der Waals surface area contributed by atoms with E-state index in [-0.39, 0.29) is 6.92 Å². The number of hydrogen-bond donors (Lipinski definition) is 0. The maximum absolute atomic E-state index is 6.87. The summed E-state index contributed by atoms with van der Waals surface area (Å²) in [6.45, 7) is -0.264. The van der Waals surface area contributed by atoms with E-state index in [9.17, 15) is 0 Å². The summed E-state index contributed by atoms with van der Waals surface area (Å²) in [4.78, 5) is 0. The van der Waals surface area contributed by atoms with E-state index in [2.05, 4.69) is 180 Å². The zero-order chi connectivity index (χ0) is 34.2. The number of fused-ring (bicyclic) bond motifs is 7. The monoisotopic (exact) mass is 663 g/mol. The van der Waals surface area contributed by atoms with Gasteiger partial charge in [-0.05, 0) is 93.5 Å². The highest BCUT2D eigenvalue weighted by Gasteiger charge is 2.41. The lowest BCUT2D eigenvalue weighted by molar-refractivity contribution is 0.480. The first kappa shape index (κ1) is 29.0. The molecule has 0 unspecified atom stereocenters. The van der Waals surface area contributed by atoms with Gasteiger partial charge in [0.1, 0.15) is 17.2 Å². The molecule has 4 heteroatoms. The van der Waals surface area contributed by atoms with Gasteiger partial charge < -0.3 is 14.0 Å². The molecule has 0 bridgehead atoms. The van der Waals surface area contributed by atoms with Gasteiger partial charge in [-0.1, -0.05) is 127 Å². The summed E-state index contributed by atoms with van der Waals surface area (Å²) < 4.78 is 16.0. The molecule has 2 aliphatic rings. The zero-order valence-electron chi connectivity index (χ0n) is 28.2. The number of para-hydroxylation sites is 3. The van der Waals surface area contributed by atoms with E-state index in [0.717, 1.165) is 67.2 Å². The van der Waals surface area contributed by atoms with Crippen molar-refractivity contribution in [3.63, 3.8) is 0 Å². The largest absolute Gasteiger partial charge is 0.551 e. The molecule has 0 N–H and O–H groups in total. The topological polar surface area (TPSA) is 23.4 Å². The fraction of sp³-hybridized carbons (Fsp3) is 0. The molecule has 3 heterocycles. The molecule has 52 heavy (non-hydrogen) atoms. The Balaban J connectivity index is 0.999. The van der Waals surface area contributed by atoms with Gasteiger partial charge in [0.25, 0.3) is 0 Å². The second-order valence-electron chi connectivity index (χ2n) is 13.6. The van der Waals surface area contributed by atoms with Crippen LogP contribution in [0.1, 0.15) is 0 Å². The third-order valence-corrected chi connectivity index (χ3v) is 10.7. The maximum atomic E-state index is 6.87. The van der Waals surface area contributed by atoms with Crippen molar-refractivity contribution in [3.8, 4) is 67.4 Å². The number of aromatic nitrogens is 1. The summed E-state index contributed by atoms with van der Waals surface area (Å²) in [6, 6.07) is 64.8. The van der Waals surface area contributed by atoms with Gasteiger partial charge in [0, 0.05) is 32.9 Å². The minimum Gasteiger partial charge on any atom is -0.551 e. The van der Waals surface area contributed by atoms with Gasteiger partial charge in [-0.15, -0.1) is 0 Å². The average Bonchev–Trinajstić information content (AvgIpc) is 3.55. The van der Waals surface area contributed by atoms with E-state index in [0.29, 0.717) is 0 Å². The van der Waals surface area contributed by atoms with E-state index in [1.165, 1.54) is 32.9 Å². The van der Waals surface area contributed by atoms with E-state index >= 15 is 0 Å². The number of ether oxygens (including phenoxy) is 1. The first-order chi connectivity index (χ1) is 25.8. The maximum Gasteiger partial charge on any atom is 0.434 e. The smallest absolute Gasteiger partial charge is 0.434 e. The van der Waals surface area contributed by atoms with Crippen molar-refractivity contribution >= 4 is 39.6 Å². The molecule has 0 aliphatic carbocycles. The molecule has 0 spiro atoms. The minimum atomic E-state index is -0.264. The van der Waals surface area contributed by atoms with Crippen LogP contribution in [0.3, 0.4) is 0 Å². The molecule has 9 aromatic rings. The zero-order valence-corrected chi connectivity index (χ0v) is 28.2. The Morgan fingerprint density at radius 1 is 0.385 bits per heavy atom. The first-order valence-electron chi connectivity index (χ1n) is 17.8.